The Morgan fingerprint density at radius 3 is 3.07 bits per heavy atom. The van der Waals surface area contributed by atoms with Gasteiger partial charge in [0.2, 0.25) is 5.91 Å². The van der Waals surface area contributed by atoms with Crippen LogP contribution in [-0.4, -0.2) is 46.6 Å². The van der Waals surface area contributed by atoms with Crippen molar-refractivity contribution in [2.45, 2.75) is 39.3 Å². The number of carbonyl (C=O) groups is 2. The van der Waals surface area contributed by atoms with Gasteiger partial charge in [0, 0.05) is 36.7 Å². The van der Waals surface area contributed by atoms with Crippen molar-refractivity contribution in [3.8, 4) is 0 Å². The van der Waals surface area contributed by atoms with Gasteiger partial charge in [0.25, 0.3) is 5.91 Å². The normalized spacial score (nSPS) is 16.7. The Balaban J connectivity index is 1.59. The molecule has 2 amide bonds. The number of hydrogen-bond acceptors (Lipinski definition) is 7. The maximum atomic E-state index is 13.1. The van der Waals surface area contributed by atoms with Crippen molar-refractivity contribution >= 4 is 33.4 Å². The zero-order valence-corrected chi connectivity index (χ0v) is 17.8. The summed E-state index contributed by atoms with van der Waals surface area (Å²) >= 11 is 1.33. The van der Waals surface area contributed by atoms with Crippen LogP contribution in [0.2, 0.25) is 0 Å². The van der Waals surface area contributed by atoms with Crippen molar-refractivity contribution in [2.75, 3.05) is 19.7 Å². The van der Waals surface area contributed by atoms with Gasteiger partial charge in [-0.2, -0.15) is 0 Å². The van der Waals surface area contributed by atoms with Crippen LogP contribution in [0.5, 0.6) is 0 Å². The molecule has 0 aliphatic carbocycles. The molecule has 0 radical (unpaired) electrons. The number of rotatable bonds is 6. The number of thiophene rings is 1. The Morgan fingerprint density at radius 2 is 2.27 bits per heavy atom. The van der Waals surface area contributed by atoms with Crippen LogP contribution in [0.3, 0.4) is 0 Å². The van der Waals surface area contributed by atoms with E-state index in [4.69, 9.17) is 9.26 Å². The number of aromatic nitrogens is 2. The summed E-state index contributed by atoms with van der Waals surface area (Å²) in [5.74, 6) is 0.398. The number of amides is 2. The molecule has 1 unspecified atom stereocenters. The smallest absolute Gasteiger partial charge is 0.262 e. The molecule has 4 rings (SSSR count). The van der Waals surface area contributed by atoms with Gasteiger partial charge >= 0.3 is 0 Å². The van der Waals surface area contributed by atoms with Crippen LogP contribution in [0.25, 0.3) is 10.2 Å². The predicted molar refractivity (Wildman–Crippen MR) is 112 cm³/mol. The lowest BCUT2D eigenvalue weighted by Crippen LogP contribution is -2.41. The van der Waals surface area contributed by atoms with E-state index in [1.807, 2.05) is 18.2 Å². The summed E-state index contributed by atoms with van der Waals surface area (Å²) in [6, 6.07) is 5.65. The first-order valence-corrected chi connectivity index (χ1v) is 10.9. The van der Waals surface area contributed by atoms with E-state index >= 15 is 0 Å². The topological polar surface area (TPSA) is 97.6 Å². The maximum absolute atomic E-state index is 13.1. The van der Waals surface area contributed by atoms with Crippen LogP contribution in [0.4, 0.5) is 0 Å². The van der Waals surface area contributed by atoms with Crippen LogP contribution in [0, 0.1) is 0 Å². The van der Waals surface area contributed by atoms with Gasteiger partial charge in [-0.1, -0.05) is 24.6 Å². The molecule has 30 heavy (non-hydrogen) atoms. The molecule has 3 aromatic heterocycles. The minimum atomic E-state index is -0.372. The average Bonchev–Trinajstić information content (AvgIpc) is 3.36. The third-order valence-electron chi connectivity index (χ3n) is 5.08. The van der Waals surface area contributed by atoms with Crippen LogP contribution in [0.15, 0.2) is 28.9 Å². The van der Waals surface area contributed by atoms with Crippen LogP contribution < -0.4 is 5.32 Å². The zero-order valence-electron chi connectivity index (χ0n) is 17.0. The number of nitrogens with zero attached hydrogens (tertiary/aromatic N) is 3. The highest BCUT2D eigenvalue weighted by Crippen LogP contribution is 2.37. The number of hydrogen-bond donors (Lipinski definition) is 1. The van der Waals surface area contributed by atoms with E-state index in [1.165, 1.54) is 11.3 Å². The fourth-order valence-electron chi connectivity index (χ4n) is 3.61. The van der Waals surface area contributed by atoms with Crippen molar-refractivity contribution < 1.29 is 18.8 Å². The summed E-state index contributed by atoms with van der Waals surface area (Å²) in [5, 5.41) is 7.82. The number of nitrogens with one attached hydrogen (secondary N) is 1. The van der Waals surface area contributed by atoms with Gasteiger partial charge < -0.3 is 19.5 Å². The van der Waals surface area contributed by atoms with Gasteiger partial charge in [-0.05, 0) is 12.5 Å². The molecule has 1 aliphatic heterocycles. The van der Waals surface area contributed by atoms with Crippen molar-refractivity contribution in [1.29, 1.82) is 0 Å². The number of ether oxygens (including phenoxy) is 1. The summed E-state index contributed by atoms with van der Waals surface area (Å²) in [5.41, 5.74) is 1.67. The molecule has 1 atom stereocenters. The molecule has 1 N–H and O–H groups in total. The first-order chi connectivity index (χ1) is 14.6. The summed E-state index contributed by atoms with van der Waals surface area (Å²) in [6.45, 7) is 5.28. The van der Waals surface area contributed by atoms with Gasteiger partial charge in [0.1, 0.15) is 15.8 Å². The van der Waals surface area contributed by atoms with Gasteiger partial charge in [0.05, 0.1) is 25.4 Å². The Kier molecular flexibility index (Phi) is 6.10. The van der Waals surface area contributed by atoms with Crippen molar-refractivity contribution in [3.63, 3.8) is 0 Å². The number of pyridine rings is 1. The second kappa shape index (κ2) is 8.93. The third-order valence-corrected chi connectivity index (χ3v) is 6.21. The Bertz CT molecular complexity index is 1060. The maximum Gasteiger partial charge on any atom is 0.262 e. The molecule has 9 heteroatoms. The van der Waals surface area contributed by atoms with E-state index in [9.17, 15) is 9.59 Å². The summed E-state index contributed by atoms with van der Waals surface area (Å²) in [4.78, 5) is 32.4. The van der Waals surface area contributed by atoms with E-state index in [0.29, 0.717) is 30.3 Å². The first-order valence-electron chi connectivity index (χ1n) is 10.0. The highest BCUT2D eigenvalue weighted by atomic mass is 32.1. The molecule has 158 valence electrons. The Morgan fingerprint density at radius 1 is 1.40 bits per heavy atom. The predicted octanol–water partition coefficient (Wildman–Crippen LogP) is 3.09. The number of fused-ring (bicyclic) bond motifs is 1. The molecular weight excluding hydrogens is 404 g/mol. The molecule has 1 fully saturated rings. The Labute approximate surface area is 178 Å². The highest BCUT2D eigenvalue weighted by molar-refractivity contribution is 7.20. The zero-order chi connectivity index (χ0) is 21.1. The van der Waals surface area contributed by atoms with Crippen molar-refractivity contribution in [2.24, 2.45) is 0 Å². The molecular formula is C21H24N4O4S. The van der Waals surface area contributed by atoms with Gasteiger partial charge in [0.15, 0.2) is 5.76 Å². The lowest BCUT2D eigenvalue weighted by molar-refractivity contribution is -0.136. The quantitative estimate of drug-likeness (QED) is 0.648. The van der Waals surface area contributed by atoms with Crippen LogP contribution in [-0.2, 0) is 22.5 Å². The van der Waals surface area contributed by atoms with E-state index in [-0.39, 0.29) is 24.5 Å². The standard InChI is InChI=1S/C21H24N4O4S/c1-3-5-14-10-15(29-24-14)11-23-20(27)19-18(16-6-4-7-22-21(16)30-19)17-12-25(13(2)26)8-9-28-17/h4,6-7,10,17H,3,5,8-9,11-12H2,1-2H3,(H,23,27). The van der Waals surface area contributed by atoms with Crippen molar-refractivity contribution in [3.05, 3.63) is 46.3 Å². The first kappa shape index (κ1) is 20.5. The minimum absolute atomic E-state index is 0.000152. The van der Waals surface area contributed by atoms with E-state index < -0.39 is 0 Å². The largest absolute Gasteiger partial charge is 0.370 e. The van der Waals surface area contributed by atoms with E-state index in [0.717, 1.165) is 34.3 Å². The van der Waals surface area contributed by atoms with Gasteiger partial charge in [-0.15, -0.1) is 11.3 Å². The van der Waals surface area contributed by atoms with E-state index in [2.05, 4.69) is 22.4 Å². The van der Waals surface area contributed by atoms with Crippen LogP contribution in [0.1, 0.15) is 53.1 Å². The molecule has 0 spiro atoms. The SMILES string of the molecule is CCCc1cc(CNC(=O)c2sc3ncccc3c2C2CN(C(C)=O)CCO2)on1. The third kappa shape index (κ3) is 4.22. The number of aryl methyl sites for hydroxylation is 1. The lowest BCUT2D eigenvalue weighted by atomic mass is 10.0. The lowest BCUT2D eigenvalue weighted by Gasteiger charge is -2.32. The fourth-order valence-corrected chi connectivity index (χ4v) is 4.72. The summed E-state index contributed by atoms with van der Waals surface area (Å²) < 4.78 is 11.3. The second-order valence-electron chi connectivity index (χ2n) is 7.24. The molecule has 1 aliphatic rings. The van der Waals surface area contributed by atoms with Crippen molar-refractivity contribution in [1.82, 2.24) is 20.4 Å². The number of morpholine rings is 1. The molecule has 0 bridgehead atoms. The monoisotopic (exact) mass is 428 g/mol. The molecule has 0 aromatic carbocycles. The molecule has 3 aromatic rings. The highest BCUT2D eigenvalue weighted by Gasteiger charge is 2.31. The molecule has 4 heterocycles. The molecule has 0 saturated carbocycles. The van der Waals surface area contributed by atoms with Crippen LogP contribution >= 0.6 is 11.3 Å². The second-order valence-corrected chi connectivity index (χ2v) is 8.24. The summed E-state index contributed by atoms with van der Waals surface area (Å²) in [7, 11) is 0. The Hall–Kier alpha value is -2.78. The van der Waals surface area contributed by atoms with Gasteiger partial charge in [-0.3, -0.25) is 9.59 Å². The summed E-state index contributed by atoms with van der Waals surface area (Å²) in [6.07, 6.45) is 3.16. The molecule has 1 saturated heterocycles. The number of carbonyl (C=O) groups excluding carboxylic acids is 2. The molecule has 8 nitrogen and oxygen atoms in total. The fraction of sp³-hybridized carbons (Fsp3) is 0.429. The van der Waals surface area contributed by atoms with Gasteiger partial charge in [-0.25, -0.2) is 4.98 Å². The minimum Gasteiger partial charge on any atom is -0.370 e. The average molecular weight is 429 g/mol. The van der Waals surface area contributed by atoms with E-state index in [1.54, 1.807) is 18.0 Å².